The van der Waals surface area contributed by atoms with Crippen LogP contribution in [-0.4, -0.2) is 33.3 Å². The Labute approximate surface area is 191 Å². The average Bonchev–Trinajstić information content (AvgIpc) is 2.80. The van der Waals surface area contributed by atoms with E-state index in [1.165, 1.54) is 18.2 Å². The Morgan fingerprint density at radius 1 is 0.697 bits per heavy atom. The molecule has 10 heteroatoms. The molecule has 4 aromatic rings. The summed E-state index contributed by atoms with van der Waals surface area (Å²) >= 11 is 0. The van der Waals surface area contributed by atoms with Gasteiger partial charge in [-0.2, -0.15) is 0 Å². The third-order valence-corrected chi connectivity index (χ3v) is 6.94. The van der Waals surface area contributed by atoms with Gasteiger partial charge in [-0.25, -0.2) is 16.8 Å². The van der Waals surface area contributed by atoms with E-state index < -0.39 is 19.9 Å². The van der Waals surface area contributed by atoms with E-state index >= 15 is 0 Å². The summed E-state index contributed by atoms with van der Waals surface area (Å²) in [7, 11) is -7.23. The van der Waals surface area contributed by atoms with Gasteiger partial charge in [-0.15, -0.1) is 10.2 Å². The lowest BCUT2D eigenvalue weighted by atomic mass is 10.1. The number of para-hydroxylation sites is 1. The Balaban J connectivity index is 1.46. The van der Waals surface area contributed by atoms with Crippen molar-refractivity contribution in [1.29, 1.82) is 0 Å². The van der Waals surface area contributed by atoms with Crippen LogP contribution in [0.2, 0.25) is 0 Å². The summed E-state index contributed by atoms with van der Waals surface area (Å²) in [6.45, 7) is 0. The third kappa shape index (κ3) is 5.54. The molecule has 0 spiro atoms. The van der Waals surface area contributed by atoms with Gasteiger partial charge in [0, 0.05) is 17.5 Å². The lowest BCUT2D eigenvalue weighted by molar-refractivity contribution is 0.482. The maximum absolute atomic E-state index is 12.7. The van der Waals surface area contributed by atoms with Crippen LogP contribution >= 0.6 is 0 Å². The van der Waals surface area contributed by atoms with E-state index in [1.807, 2.05) is 30.3 Å². The summed E-state index contributed by atoms with van der Waals surface area (Å²) in [6.07, 6.45) is 1.06. The highest BCUT2D eigenvalue weighted by Crippen LogP contribution is 2.25. The number of benzene rings is 3. The minimum atomic E-state index is -3.80. The van der Waals surface area contributed by atoms with E-state index in [9.17, 15) is 16.8 Å². The summed E-state index contributed by atoms with van der Waals surface area (Å²) < 4.78 is 56.7. The van der Waals surface area contributed by atoms with Crippen LogP contribution in [0.1, 0.15) is 0 Å². The van der Waals surface area contributed by atoms with Gasteiger partial charge in [0.2, 0.25) is 0 Å². The van der Waals surface area contributed by atoms with Gasteiger partial charge in [-0.1, -0.05) is 30.3 Å². The van der Waals surface area contributed by atoms with Crippen LogP contribution in [0.5, 0.6) is 11.5 Å². The highest BCUT2D eigenvalue weighted by Gasteiger charge is 2.15. The lowest BCUT2D eigenvalue weighted by Gasteiger charge is -2.10. The van der Waals surface area contributed by atoms with Crippen LogP contribution in [0.15, 0.2) is 101 Å². The van der Waals surface area contributed by atoms with E-state index in [1.54, 1.807) is 42.5 Å². The predicted molar refractivity (Wildman–Crippen MR) is 124 cm³/mol. The van der Waals surface area contributed by atoms with Gasteiger partial charge in [0.25, 0.3) is 10.0 Å². The zero-order chi connectivity index (χ0) is 23.5. The molecule has 0 radical (unpaired) electrons. The van der Waals surface area contributed by atoms with E-state index in [-0.39, 0.29) is 9.92 Å². The summed E-state index contributed by atoms with van der Waals surface area (Å²) in [5.74, 6) is 1.18. The number of hydrogen-bond donors (Lipinski definition) is 1. The number of hydrogen-bond acceptors (Lipinski definition) is 7. The highest BCUT2D eigenvalue weighted by atomic mass is 32.2. The van der Waals surface area contributed by atoms with Crippen LogP contribution in [0, 0.1) is 0 Å². The zero-order valence-electron chi connectivity index (χ0n) is 17.4. The Hall–Kier alpha value is -3.76. The molecule has 168 valence electrons. The molecule has 0 aliphatic heterocycles. The Kier molecular flexibility index (Phi) is 6.12. The van der Waals surface area contributed by atoms with Crippen LogP contribution in [-0.2, 0) is 19.9 Å². The topological polar surface area (TPSA) is 115 Å². The fourth-order valence-electron chi connectivity index (χ4n) is 2.91. The molecular weight excluding hydrogens is 462 g/mol. The van der Waals surface area contributed by atoms with Gasteiger partial charge in [0.05, 0.1) is 10.6 Å². The number of nitrogens with zero attached hydrogens (tertiary/aromatic N) is 2. The standard InChI is InChI=1S/C23H19N3O5S2/c1-32(27,28)23-16-15-22(24-25-23)17-7-9-18(10-8-17)26-33(29,30)21-13-11-20(12-14-21)31-19-5-3-2-4-6-19/h2-16,26H,1H3. The summed E-state index contributed by atoms with van der Waals surface area (Å²) in [5, 5.41) is 7.53. The number of nitrogens with one attached hydrogen (secondary N) is 1. The van der Waals surface area contributed by atoms with Crippen molar-refractivity contribution >= 4 is 25.5 Å². The van der Waals surface area contributed by atoms with Gasteiger partial charge in [-0.05, 0) is 60.7 Å². The summed E-state index contributed by atoms with van der Waals surface area (Å²) in [6, 6.07) is 24.7. The van der Waals surface area contributed by atoms with Gasteiger partial charge in [0.1, 0.15) is 11.5 Å². The Morgan fingerprint density at radius 3 is 1.91 bits per heavy atom. The van der Waals surface area contributed by atoms with Crippen LogP contribution in [0.3, 0.4) is 0 Å². The van der Waals surface area contributed by atoms with E-state index in [0.29, 0.717) is 28.4 Å². The molecule has 1 N–H and O–H groups in total. The molecule has 1 heterocycles. The fourth-order valence-corrected chi connectivity index (χ4v) is 4.47. The number of rotatable bonds is 7. The maximum atomic E-state index is 12.7. The Morgan fingerprint density at radius 2 is 1.33 bits per heavy atom. The summed E-state index contributed by atoms with van der Waals surface area (Å²) in [4.78, 5) is 0.0919. The molecule has 0 amide bonds. The molecular formula is C23H19N3O5S2. The van der Waals surface area contributed by atoms with Gasteiger partial charge in [-0.3, -0.25) is 4.72 Å². The summed E-state index contributed by atoms with van der Waals surface area (Å²) in [5.41, 5.74) is 1.49. The van der Waals surface area contributed by atoms with Gasteiger partial charge >= 0.3 is 0 Å². The van der Waals surface area contributed by atoms with Crippen LogP contribution in [0.4, 0.5) is 5.69 Å². The van der Waals surface area contributed by atoms with E-state index in [2.05, 4.69) is 14.9 Å². The Bertz CT molecular complexity index is 1450. The first-order valence-corrected chi connectivity index (χ1v) is 13.1. The number of sulfonamides is 1. The molecule has 0 atom stereocenters. The molecule has 33 heavy (non-hydrogen) atoms. The number of aromatic nitrogens is 2. The molecule has 4 rings (SSSR count). The molecule has 3 aromatic carbocycles. The maximum Gasteiger partial charge on any atom is 0.261 e. The van der Waals surface area contributed by atoms with Crippen molar-refractivity contribution < 1.29 is 21.6 Å². The molecule has 0 unspecified atom stereocenters. The SMILES string of the molecule is CS(=O)(=O)c1ccc(-c2ccc(NS(=O)(=O)c3ccc(Oc4ccccc4)cc3)cc2)nn1. The fraction of sp³-hybridized carbons (Fsp3) is 0.0435. The second-order valence-electron chi connectivity index (χ2n) is 7.10. The van der Waals surface area contributed by atoms with Gasteiger partial charge < -0.3 is 4.74 Å². The molecule has 0 saturated heterocycles. The predicted octanol–water partition coefficient (Wildman–Crippen LogP) is 4.14. The first kappa shape index (κ1) is 22.4. The lowest BCUT2D eigenvalue weighted by Crippen LogP contribution is -2.12. The highest BCUT2D eigenvalue weighted by molar-refractivity contribution is 7.92. The third-order valence-electron chi connectivity index (χ3n) is 4.57. The minimum absolute atomic E-state index is 0.0919. The van der Waals surface area contributed by atoms with Crippen molar-refractivity contribution in [1.82, 2.24) is 10.2 Å². The molecule has 0 saturated carbocycles. The quantitative estimate of drug-likeness (QED) is 0.422. The monoisotopic (exact) mass is 481 g/mol. The second kappa shape index (κ2) is 9.00. The number of anilines is 1. The molecule has 0 bridgehead atoms. The molecule has 0 fully saturated rings. The molecule has 1 aromatic heterocycles. The minimum Gasteiger partial charge on any atom is -0.457 e. The van der Waals surface area contributed by atoms with Crippen LogP contribution < -0.4 is 9.46 Å². The smallest absolute Gasteiger partial charge is 0.261 e. The van der Waals surface area contributed by atoms with E-state index in [0.717, 1.165) is 6.26 Å². The number of sulfone groups is 1. The van der Waals surface area contributed by atoms with Crippen molar-refractivity contribution in [2.45, 2.75) is 9.92 Å². The largest absolute Gasteiger partial charge is 0.457 e. The molecule has 8 nitrogen and oxygen atoms in total. The zero-order valence-corrected chi connectivity index (χ0v) is 19.0. The van der Waals surface area contributed by atoms with Gasteiger partial charge in [0.15, 0.2) is 14.9 Å². The molecule has 0 aliphatic carbocycles. The van der Waals surface area contributed by atoms with Crippen LogP contribution in [0.25, 0.3) is 11.3 Å². The van der Waals surface area contributed by atoms with Crippen molar-refractivity contribution in [3.63, 3.8) is 0 Å². The first-order valence-electron chi connectivity index (χ1n) is 9.71. The second-order valence-corrected chi connectivity index (χ2v) is 10.7. The van der Waals surface area contributed by atoms with Crippen molar-refractivity contribution in [3.05, 3.63) is 91.0 Å². The van der Waals surface area contributed by atoms with Crippen molar-refractivity contribution in [2.75, 3.05) is 11.0 Å². The van der Waals surface area contributed by atoms with E-state index in [4.69, 9.17) is 4.74 Å². The average molecular weight is 482 g/mol. The normalized spacial score (nSPS) is 11.7. The first-order chi connectivity index (χ1) is 15.7. The van der Waals surface area contributed by atoms with Crippen molar-refractivity contribution in [3.8, 4) is 22.8 Å². The number of ether oxygens (including phenoxy) is 1. The molecule has 0 aliphatic rings. The van der Waals surface area contributed by atoms with Crippen molar-refractivity contribution in [2.24, 2.45) is 0 Å².